The number of carbonyl (C=O) groups is 1. The van der Waals surface area contributed by atoms with Crippen molar-refractivity contribution in [3.63, 3.8) is 0 Å². The highest BCUT2D eigenvalue weighted by atomic mass is 35.5. The van der Waals surface area contributed by atoms with Gasteiger partial charge in [-0.3, -0.25) is 14.2 Å². The molecule has 1 aromatic heterocycles. The number of carbonyl (C=O) groups excluding carboxylic acids is 1. The van der Waals surface area contributed by atoms with E-state index in [2.05, 4.69) is 15.2 Å². The molecule has 0 radical (unpaired) electrons. The lowest BCUT2D eigenvalue weighted by Gasteiger charge is -2.29. The van der Waals surface area contributed by atoms with Crippen molar-refractivity contribution in [1.29, 1.82) is 0 Å². The molecular formula is C26H23ClN4O3S. The van der Waals surface area contributed by atoms with Gasteiger partial charge in [-0.1, -0.05) is 53.7 Å². The van der Waals surface area contributed by atoms with Crippen LogP contribution in [0.4, 0.5) is 11.4 Å². The van der Waals surface area contributed by atoms with E-state index in [4.69, 9.17) is 16.3 Å². The predicted octanol–water partition coefficient (Wildman–Crippen LogP) is 4.61. The molecule has 178 valence electrons. The van der Waals surface area contributed by atoms with E-state index in [1.54, 1.807) is 22.8 Å². The molecule has 1 aliphatic heterocycles. The molecule has 1 N–H and O–H groups in total. The van der Waals surface area contributed by atoms with Gasteiger partial charge in [-0.2, -0.15) is 0 Å². The number of benzene rings is 3. The standard InChI is InChI=1S/C26H23ClN4O3S/c27-21-16-18(10-11-23(21)30-12-14-34-15-13-30)28-24(32)17-35-26-29-22-9-5-4-8-20(22)25(33)31(26)19-6-2-1-3-7-19/h1-11,16H,12-15,17H2,(H,28,32). The van der Waals surface area contributed by atoms with Crippen LogP contribution in [0.5, 0.6) is 0 Å². The number of nitrogens with zero attached hydrogens (tertiary/aromatic N) is 3. The zero-order chi connectivity index (χ0) is 24.2. The molecule has 4 aromatic rings. The molecule has 7 nitrogen and oxygen atoms in total. The van der Waals surface area contributed by atoms with E-state index in [9.17, 15) is 9.59 Å². The first-order valence-corrected chi connectivity index (χ1v) is 12.6. The summed E-state index contributed by atoms with van der Waals surface area (Å²) in [6.45, 7) is 2.90. The number of hydrogen-bond acceptors (Lipinski definition) is 6. The zero-order valence-corrected chi connectivity index (χ0v) is 20.4. The maximum atomic E-state index is 13.3. The van der Waals surface area contributed by atoms with Crippen molar-refractivity contribution < 1.29 is 9.53 Å². The third kappa shape index (κ3) is 5.19. The number of para-hydroxylation sites is 2. The zero-order valence-electron chi connectivity index (χ0n) is 18.8. The van der Waals surface area contributed by atoms with Crippen LogP contribution in [0.25, 0.3) is 16.6 Å². The van der Waals surface area contributed by atoms with Gasteiger partial charge < -0.3 is 15.0 Å². The first-order valence-electron chi connectivity index (χ1n) is 11.2. The molecular weight excluding hydrogens is 484 g/mol. The van der Waals surface area contributed by atoms with Gasteiger partial charge in [0.2, 0.25) is 5.91 Å². The van der Waals surface area contributed by atoms with Crippen LogP contribution in [0.15, 0.2) is 82.7 Å². The Morgan fingerprint density at radius 1 is 1.03 bits per heavy atom. The van der Waals surface area contributed by atoms with E-state index in [1.807, 2.05) is 54.6 Å². The van der Waals surface area contributed by atoms with Gasteiger partial charge >= 0.3 is 0 Å². The smallest absolute Gasteiger partial charge is 0.266 e. The summed E-state index contributed by atoms with van der Waals surface area (Å²) < 4.78 is 6.95. The lowest BCUT2D eigenvalue weighted by Crippen LogP contribution is -2.36. The van der Waals surface area contributed by atoms with Gasteiger partial charge in [-0.05, 0) is 42.5 Å². The Morgan fingerprint density at radius 2 is 1.77 bits per heavy atom. The summed E-state index contributed by atoms with van der Waals surface area (Å²) in [7, 11) is 0. The normalized spacial score (nSPS) is 13.7. The van der Waals surface area contributed by atoms with E-state index in [1.165, 1.54) is 11.8 Å². The minimum Gasteiger partial charge on any atom is -0.378 e. The number of fused-ring (bicyclic) bond motifs is 1. The molecule has 0 spiro atoms. The Kier molecular flexibility index (Phi) is 7.03. The van der Waals surface area contributed by atoms with Crippen molar-refractivity contribution in [2.45, 2.75) is 5.16 Å². The van der Waals surface area contributed by atoms with E-state index in [-0.39, 0.29) is 17.2 Å². The van der Waals surface area contributed by atoms with Crippen LogP contribution in [0.3, 0.4) is 0 Å². The molecule has 0 bridgehead atoms. The molecule has 2 heterocycles. The third-order valence-corrected chi connectivity index (χ3v) is 6.92. The Hall–Kier alpha value is -3.33. The SMILES string of the molecule is O=C(CSc1nc2ccccc2c(=O)n1-c1ccccc1)Nc1ccc(N2CCOCC2)c(Cl)c1. The van der Waals surface area contributed by atoms with Crippen molar-refractivity contribution in [1.82, 2.24) is 9.55 Å². The van der Waals surface area contributed by atoms with Gasteiger partial charge in [0.05, 0.1) is 46.3 Å². The summed E-state index contributed by atoms with van der Waals surface area (Å²) in [6, 6.07) is 22.0. The van der Waals surface area contributed by atoms with Crippen LogP contribution in [0.1, 0.15) is 0 Å². The third-order valence-electron chi connectivity index (χ3n) is 5.67. The lowest BCUT2D eigenvalue weighted by molar-refractivity contribution is -0.113. The molecule has 0 atom stereocenters. The highest BCUT2D eigenvalue weighted by molar-refractivity contribution is 7.99. The number of aromatic nitrogens is 2. The first-order chi connectivity index (χ1) is 17.1. The van der Waals surface area contributed by atoms with Crippen molar-refractivity contribution in [2.75, 3.05) is 42.3 Å². The van der Waals surface area contributed by atoms with Crippen molar-refractivity contribution in [2.24, 2.45) is 0 Å². The lowest BCUT2D eigenvalue weighted by atomic mass is 10.2. The molecule has 1 fully saturated rings. The fourth-order valence-corrected chi connectivity index (χ4v) is 5.10. The van der Waals surface area contributed by atoms with Crippen molar-refractivity contribution in [3.8, 4) is 5.69 Å². The highest BCUT2D eigenvalue weighted by Crippen LogP contribution is 2.30. The van der Waals surface area contributed by atoms with Gasteiger partial charge in [0.15, 0.2) is 5.16 Å². The topological polar surface area (TPSA) is 76.5 Å². The monoisotopic (exact) mass is 506 g/mol. The van der Waals surface area contributed by atoms with Crippen LogP contribution >= 0.6 is 23.4 Å². The molecule has 3 aromatic carbocycles. The Morgan fingerprint density at radius 3 is 2.54 bits per heavy atom. The van der Waals surface area contributed by atoms with Gasteiger partial charge in [-0.25, -0.2) is 4.98 Å². The van der Waals surface area contributed by atoms with E-state index < -0.39 is 0 Å². The summed E-state index contributed by atoms with van der Waals surface area (Å²) in [5, 5.41) is 4.45. The van der Waals surface area contributed by atoms with Crippen LogP contribution in [-0.4, -0.2) is 47.5 Å². The number of hydrogen-bond donors (Lipinski definition) is 1. The van der Waals surface area contributed by atoms with Crippen LogP contribution < -0.4 is 15.8 Å². The summed E-state index contributed by atoms with van der Waals surface area (Å²) in [5.74, 6) is -0.132. The van der Waals surface area contributed by atoms with Gasteiger partial charge in [-0.15, -0.1) is 0 Å². The van der Waals surface area contributed by atoms with E-state index in [0.29, 0.717) is 45.7 Å². The number of rotatable bonds is 6. The average Bonchev–Trinajstić information content (AvgIpc) is 2.89. The van der Waals surface area contributed by atoms with Gasteiger partial charge in [0.1, 0.15) is 0 Å². The summed E-state index contributed by atoms with van der Waals surface area (Å²) in [4.78, 5) is 32.9. The number of ether oxygens (including phenoxy) is 1. The molecule has 0 aliphatic carbocycles. The molecule has 5 rings (SSSR count). The maximum absolute atomic E-state index is 13.3. The van der Waals surface area contributed by atoms with Crippen molar-refractivity contribution >= 4 is 51.5 Å². The second kappa shape index (κ2) is 10.5. The average molecular weight is 507 g/mol. The predicted molar refractivity (Wildman–Crippen MR) is 141 cm³/mol. The molecule has 1 saturated heterocycles. The second-order valence-electron chi connectivity index (χ2n) is 7.99. The number of nitrogens with one attached hydrogen (secondary N) is 1. The molecule has 0 unspecified atom stereocenters. The van der Waals surface area contributed by atoms with E-state index >= 15 is 0 Å². The number of morpholine rings is 1. The van der Waals surface area contributed by atoms with Gasteiger partial charge in [0.25, 0.3) is 5.56 Å². The Balaban J connectivity index is 1.34. The number of thioether (sulfide) groups is 1. The highest BCUT2D eigenvalue weighted by Gasteiger charge is 2.17. The van der Waals surface area contributed by atoms with Crippen molar-refractivity contribution in [3.05, 3.63) is 88.2 Å². The molecule has 1 amide bonds. The minimum absolute atomic E-state index is 0.0838. The second-order valence-corrected chi connectivity index (χ2v) is 9.34. The Labute approximate surface area is 211 Å². The summed E-state index contributed by atoms with van der Waals surface area (Å²) in [6.07, 6.45) is 0. The maximum Gasteiger partial charge on any atom is 0.266 e. The summed E-state index contributed by atoms with van der Waals surface area (Å²) in [5.41, 5.74) is 2.66. The summed E-state index contributed by atoms with van der Waals surface area (Å²) >= 11 is 7.71. The number of halogens is 1. The largest absolute Gasteiger partial charge is 0.378 e. The van der Waals surface area contributed by atoms with Crippen LogP contribution in [0.2, 0.25) is 5.02 Å². The van der Waals surface area contributed by atoms with Crippen LogP contribution in [-0.2, 0) is 9.53 Å². The number of anilines is 2. The first kappa shape index (κ1) is 23.4. The Bertz CT molecular complexity index is 1420. The molecule has 1 aliphatic rings. The fraction of sp³-hybridized carbons (Fsp3) is 0.192. The molecule has 35 heavy (non-hydrogen) atoms. The van der Waals surface area contributed by atoms with Gasteiger partial charge in [0, 0.05) is 18.8 Å². The molecule has 9 heteroatoms. The quantitative estimate of drug-likeness (QED) is 0.304. The van der Waals surface area contributed by atoms with E-state index in [0.717, 1.165) is 18.8 Å². The minimum atomic E-state index is -0.216. The number of amides is 1. The fourth-order valence-electron chi connectivity index (χ4n) is 3.99. The molecule has 0 saturated carbocycles. The van der Waals surface area contributed by atoms with Crippen LogP contribution in [0, 0.1) is 0 Å².